The quantitative estimate of drug-likeness (QED) is 0.765. The van der Waals surface area contributed by atoms with Crippen molar-refractivity contribution >= 4 is 11.9 Å². The molecule has 1 aliphatic heterocycles. The number of hydrogen-bond acceptors (Lipinski definition) is 4. The SMILES string of the molecule is CCN1CCCC[C@@H]1c1cccnc1N(C(=O)OC(C)(C)C)C1CCC1. The smallest absolute Gasteiger partial charge is 0.416 e. The summed E-state index contributed by atoms with van der Waals surface area (Å²) < 4.78 is 5.74. The molecule has 3 rings (SSSR count). The van der Waals surface area contributed by atoms with Crippen LogP contribution in [0.3, 0.4) is 0 Å². The molecule has 1 saturated carbocycles. The molecule has 144 valence electrons. The summed E-state index contributed by atoms with van der Waals surface area (Å²) in [7, 11) is 0. The van der Waals surface area contributed by atoms with Crippen molar-refractivity contribution in [1.29, 1.82) is 0 Å². The van der Waals surface area contributed by atoms with E-state index in [2.05, 4.69) is 22.9 Å². The largest absolute Gasteiger partial charge is 0.443 e. The molecule has 1 amide bonds. The van der Waals surface area contributed by atoms with E-state index < -0.39 is 5.60 Å². The van der Waals surface area contributed by atoms with Gasteiger partial charge in [0.25, 0.3) is 0 Å². The molecule has 1 atom stereocenters. The van der Waals surface area contributed by atoms with Gasteiger partial charge in [-0.1, -0.05) is 19.4 Å². The molecule has 0 radical (unpaired) electrons. The monoisotopic (exact) mass is 359 g/mol. The van der Waals surface area contributed by atoms with Gasteiger partial charge in [0.2, 0.25) is 0 Å². The second kappa shape index (κ2) is 7.95. The van der Waals surface area contributed by atoms with Crippen LogP contribution in [0.15, 0.2) is 18.3 Å². The summed E-state index contributed by atoms with van der Waals surface area (Å²) in [6.45, 7) is 10.1. The minimum Gasteiger partial charge on any atom is -0.443 e. The standard InChI is InChI=1S/C21H33N3O2/c1-5-23-15-7-6-13-18(23)17-12-9-14-22-19(17)24(16-10-8-11-16)20(25)26-21(2,3)4/h9,12,14,16,18H,5-8,10-11,13,15H2,1-4H3/t18-/m1/s1. The Balaban J connectivity index is 1.95. The van der Waals surface area contributed by atoms with Gasteiger partial charge in [-0.15, -0.1) is 0 Å². The summed E-state index contributed by atoms with van der Waals surface area (Å²) in [4.78, 5) is 22.1. The number of ether oxygens (including phenoxy) is 1. The van der Waals surface area contributed by atoms with Gasteiger partial charge in [0, 0.05) is 23.8 Å². The molecule has 0 bridgehead atoms. The number of carbonyl (C=O) groups excluding carboxylic acids is 1. The predicted molar refractivity (Wildman–Crippen MR) is 104 cm³/mol. The number of rotatable bonds is 4. The van der Waals surface area contributed by atoms with E-state index in [0.717, 1.165) is 44.6 Å². The van der Waals surface area contributed by atoms with Gasteiger partial charge >= 0.3 is 6.09 Å². The average Bonchev–Trinajstić information content (AvgIpc) is 2.56. The molecule has 2 aliphatic rings. The summed E-state index contributed by atoms with van der Waals surface area (Å²) >= 11 is 0. The number of hydrogen-bond donors (Lipinski definition) is 0. The van der Waals surface area contributed by atoms with Crippen LogP contribution in [0.1, 0.15) is 77.8 Å². The van der Waals surface area contributed by atoms with Crippen molar-refractivity contribution in [3.05, 3.63) is 23.9 Å². The van der Waals surface area contributed by atoms with Gasteiger partial charge in [0.15, 0.2) is 0 Å². The normalized spacial score (nSPS) is 21.9. The molecule has 1 aromatic rings. The lowest BCUT2D eigenvalue weighted by molar-refractivity contribution is 0.0546. The number of nitrogens with zero attached hydrogens (tertiary/aromatic N) is 3. The van der Waals surface area contributed by atoms with Crippen molar-refractivity contribution in [1.82, 2.24) is 9.88 Å². The Hall–Kier alpha value is -1.62. The van der Waals surface area contributed by atoms with Gasteiger partial charge in [-0.2, -0.15) is 0 Å². The van der Waals surface area contributed by atoms with E-state index in [1.54, 1.807) is 6.20 Å². The first kappa shape index (κ1) is 19.2. The lowest BCUT2D eigenvalue weighted by atomic mass is 9.90. The van der Waals surface area contributed by atoms with E-state index in [1.165, 1.54) is 18.4 Å². The average molecular weight is 360 g/mol. The summed E-state index contributed by atoms with van der Waals surface area (Å²) in [5.74, 6) is 0.803. The molecular weight excluding hydrogens is 326 g/mol. The van der Waals surface area contributed by atoms with Crippen molar-refractivity contribution < 1.29 is 9.53 Å². The number of likely N-dealkylation sites (tertiary alicyclic amines) is 1. The zero-order chi connectivity index (χ0) is 18.7. The van der Waals surface area contributed by atoms with Crippen LogP contribution in [0.5, 0.6) is 0 Å². The summed E-state index contributed by atoms with van der Waals surface area (Å²) in [6.07, 6.45) is 8.35. The zero-order valence-corrected chi connectivity index (χ0v) is 16.7. The number of anilines is 1. The molecular formula is C21H33N3O2. The van der Waals surface area contributed by atoms with E-state index >= 15 is 0 Å². The van der Waals surface area contributed by atoms with Crippen LogP contribution in [0, 0.1) is 0 Å². The third-order valence-corrected chi connectivity index (χ3v) is 5.45. The molecule has 0 unspecified atom stereocenters. The first-order valence-corrected chi connectivity index (χ1v) is 10.1. The molecule has 0 aromatic carbocycles. The Morgan fingerprint density at radius 1 is 1.27 bits per heavy atom. The van der Waals surface area contributed by atoms with Crippen molar-refractivity contribution in [2.75, 3.05) is 18.0 Å². The van der Waals surface area contributed by atoms with Gasteiger partial charge in [-0.25, -0.2) is 9.78 Å². The minimum absolute atomic E-state index is 0.206. The highest BCUT2D eigenvalue weighted by Gasteiger charge is 2.37. The molecule has 1 aliphatic carbocycles. The number of carbonyl (C=O) groups is 1. The van der Waals surface area contributed by atoms with E-state index in [0.29, 0.717) is 6.04 Å². The van der Waals surface area contributed by atoms with E-state index in [1.807, 2.05) is 31.7 Å². The Morgan fingerprint density at radius 3 is 2.65 bits per heavy atom. The lowest BCUT2D eigenvalue weighted by Crippen LogP contribution is -2.48. The van der Waals surface area contributed by atoms with E-state index in [4.69, 9.17) is 4.74 Å². The molecule has 2 fully saturated rings. The highest BCUT2D eigenvalue weighted by molar-refractivity contribution is 5.88. The van der Waals surface area contributed by atoms with Crippen LogP contribution in [0.2, 0.25) is 0 Å². The predicted octanol–water partition coefficient (Wildman–Crippen LogP) is 4.92. The van der Waals surface area contributed by atoms with Gasteiger partial charge in [-0.3, -0.25) is 9.80 Å². The number of amides is 1. The van der Waals surface area contributed by atoms with Crippen molar-refractivity contribution in [2.45, 2.75) is 83.9 Å². The summed E-state index contributed by atoms with van der Waals surface area (Å²) in [5.41, 5.74) is 0.667. The Morgan fingerprint density at radius 2 is 2.04 bits per heavy atom. The van der Waals surface area contributed by atoms with Gasteiger partial charge < -0.3 is 4.74 Å². The van der Waals surface area contributed by atoms with E-state index in [-0.39, 0.29) is 12.1 Å². The molecule has 1 aromatic heterocycles. The number of piperidine rings is 1. The maximum atomic E-state index is 13.0. The van der Waals surface area contributed by atoms with Crippen LogP contribution in [-0.4, -0.2) is 40.7 Å². The molecule has 26 heavy (non-hydrogen) atoms. The molecule has 2 heterocycles. The fraction of sp³-hybridized carbons (Fsp3) is 0.714. The Kier molecular flexibility index (Phi) is 5.86. The maximum Gasteiger partial charge on any atom is 0.416 e. The highest BCUT2D eigenvalue weighted by Crippen LogP contribution is 2.38. The van der Waals surface area contributed by atoms with Crippen LogP contribution < -0.4 is 4.90 Å². The van der Waals surface area contributed by atoms with Crippen molar-refractivity contribution in [2.24, 2.45) is 0 Å². The Labute approximate surface area is 157 Å². The minimum atomic E-state index is -0.506. The third kappa shape index (κ3) is 4.20. The molecule has 0 N–H and O–H groups in total. The van der Waals surface area contributed by atoms with Crippen molar-refractivity contribution in [3.63, 3.8) is 0 Å². The van der Waals surface area contributed by atoms with Crippen molar-refractivity contribution in [3.8, 4) is 0 Å². The maximum absolute atomic E-state index is 13.0. The topological polar surface area (TPSA) is 45.7 Å². The van der Waals surface area contributed by atoms with Crippen LogP contribution >= 0.6 is 0 Å². The third-order valence-electron chi connectivity index (χ3n) is 5.45. The number of aromatic nitrogens is 1. The lowest BCUT2D eigenvalue weighted by Gasteiger charge is -2.41. The van der Waals surface area contributed by atoms with Gasteiger partial charge in [-0.05, 0) is 72.0 Å². The molecule has 5 heteroatoms. The zero-order valence-electron chi connectivity index (χ0n) is 16.7. The van der Waals surface area contributed by atoms with Crippen LogP contribution in [0.4, 0.5) is 10.6 Å². The van der Waals surface area contributed by atoms with Gasteiger partial charge in [0.1, 0.15) is 11.4 Å². The first-order chi connectivity index (χ1) is 12.4. The van der Waals surface area contributed by atoms with E-state index in [9.17, 15) is 4.79 Å². The van der Waals surface area contributed by atoms with Gasteiger partial charge in [0.05, 0.1) is 0 Å². The van der Waals surface area contributed by atoms with Crippen LogP contribution in [-0.2, 0) is 4.74 Å². The molecule has 5 nitrogen and oxygen atoms in total. The number of pyridine rings is 1. The first-order valence-electron chi connectivity index (χ1n) is 10.1. The summed E-state index contributed by atoms with van der Waals surface area (Å²) in [6, 6.07) is 4.69. The molecule has 1 saturated heterocycles. The molecule has 0 spiro atoms. The highest BCUT2D eigenvalue weighted by atomic mass is 16.6. The second-order valence-corrected chi connectivity index (χ2v) is 8.49. The van der Waals surface area contributed by atoms with Crippen LogP contribution in [0.25, 0.3) is 0 Å². The fourth-order valence-corrected chi connectivity index (χ4v) is 3.96. The fourth-order valence-electron chi connectivity index (χ4n) is 3.96. The Bertz CT molecular complexity index is 622. The second-order valence-electron chi connectivity index (χ2n) is 8.49. The summed E-state index contributed by atoms with van der Waals surface area (Å²) in [5, 5.41) is 0.